The first-order valence-electron chi connectivity index (χ1n) is 5.78. The Hall–Kier alpha value is -0.820. The van der Waals surface area contributed by atoms with Gasteiger partial charge in [-0.15, -0.1) is 0 Å². The van der Waals surface area contributed by atoms with Crippen LogP contribution in [0.15, 0.2) is 24.3 Å². The second kappa shape index (κ2) is 5.92. The molecule has 1 aromatic rings. The summed E-state index contributed by atoms with van der Waals surface area (Å²) in [7, 11) is 0. The van der Waals surface area contributed by atoms with Crippen molar-refractivity contribution in [2.75, 3.05) is 0 Å². The molecule has 0 bridgehead atoms. The molecule has 0 radical (unpaired) electrons. The number of hydrogen-bond acceptors (Lipinski definition) is 1. The number of rotatable bonds is 5. The van der Waals surface area contributed by atoms with Gasteiger partial charge in [0.1, 0.15) is 0 Å². The van der Waals surface area contributed by atoms with Crippen LogP contribution in [0.2, 0.25) is 0 Å². The van der Waals surface area contributed by atoms with Crippen LogP contribution in [0.25, 0.3) is 0 Å². The second-order valence-corrected chi connectivity index (χ2v) is 4.73. The molecule has 0 amide bonds. The molecule has 0 atom stereocenters. The Morgan fingerprint density at radius 2 is 1.60 bits per heavy atom. The Labute approximate surface area is 93.5 Å². The molecule has 15 heavy (non-hydrogen) atoms. The monoisotopic (exact) mass is 206 g/mol. The summed E-state index contributed by atoms with van der Waals surface area (Å²) in [6.45, 7) is 9.39. The minimum Gasteiger partial charge on any atom is -0.374 e. The molecule has 84 valence electrons. The summed E-state index contributed by atoms with van der Waals surface area (Å²) in [4.78, 5) is 0. The van der Waals surface area contributed by atoms with Crippen molar-refractivity contribution in [1.29, 1.82) is 0 Å². The molecular formula is C14H22O. The van der Waals surface area contributed by atoms with E-state index in [0.717, 1.165) is 13.0 Å². The third-order valence-electron chi connectivity index (χ3n) is 2.32. The van der Waals surface area contributed by atoms with Gasteiger partial charge in [0.2, 0.25) is 0 Å². The summed E-state index contributed by atoms with van der Waals surface area (Å²) in [6, 6.07) is 8.57. The van der Waals surface area contributed by atoms with Gasteiger partial charge in [0, 0.05) is 0 Å². The molecule has 0 fully saturated rings. The van der Waals surface area contributed by atoms with Crippen LogP contribution in [0.1, 0.15) is 38.8 Å². The van der Waals surface area contributed by atoms with Crippen LogP contribution in [0.5, 0.6) is 0 Å². The largest absolute Gasteiger partial charge is 0.374 e. The normalized spacial score (nSPS) is 11.3. The summed E-state index contributed by atoms with van der Waals surface area (Å²) in [5.41, 5.74) is 2.76. The highest BCUT2D eigenvalue weighted by molar-refractivity contribution is 5.26. The van der Waals surface area contributed by atoms with Gasteiger partial charge in [0.05, 0.1) is 12.7 Å². The van der Waals surface area contributed by atoms with Crippen molar-refractivity contribution in [3.8, 4) is 0 Å². The zero-order valence-electron chi connectivity index (χ0n) is 10.3. The Balaban J connectivity index is 2.68. The van der Waals surface area contributed by atoms with E-state index in [2.05, 4.69) is 52.0 Å². The summed E-state index contributed by atoms with van der Waals surface area (Å²) >= 11 is 0. The number of benzene rings is 1. The van der Waals surface area contributed by atoms with Crippen LogP contribution in [-0.4, -0.2) is 6.10 Å². The van der Waals surface area contributed by atoms with E-state index < -0.39 is 0 Å². The predicted molar refractivity (Wildman–Crippen MR) is 64.9 cm³/mol. The van der Waals surface area contributed by atoms with Crippen LogP contribution in [0.3, 0.4) is 0 Å². The predicted octanol–water partition coefficient (Wildman–Crippen LogP) is 3.81. The molecule has 1 heteroatoms. The molecule has 1 rings (SSSR count). The van der Waals surface area contributed by atoms with Crippen molar-refractivity contribution in [1.82, 2.24) is 0 Å². The summed E-state index contributed by atoms with van der Waals surface area (Å²) < 4.78 is 5.65. The Morgan fingerprint density at radius 1 is 1.00 bits per heavy atom. The van der Waals surface area contributed by atoms with Crippen molar-refractivity contribution in [2.45, 2.75) is 46.8 Å². The molecule has 1 nitrogen and oxygen atoms in total. The molecule has 0 spiro atoms. The van der Waals surface area contributed by atoms with Gasteiger partial charge in [-0.05, 0) is 37.3 Å². The maximum Gasteiger partial charge on any atom is 0.0723 e. The molecule has 0 aliphatic rings. The molecule has 0 saturated carbocycles. The quantitative estimate of drug-likeness (QED) is 0.712. The lowest BCUT2D eigenvalue weighted by molar-refractivity contribution is 0.0652. The third kappa shape index (κ3) is 4.48. The van der Waals surface area contributed by atoms with Crippen LogP contribution in [0, 0.1) is 5.92 Å². The van der Waals surface area contributed by atoms with Crippen molar-refractivity contribution >= 4 is 0 Å². The van der Waals surface area contributed by atoms with Gasteiger partial charge >= 0.3 is 0 Å². The lowest BCUT2D eigenvalue weighted by atomic mass is 9.98. The summed E-state index contributed by atoms with van der Waals surface area (Å²) in [5.74, 6) is 0.699. The first kappa shape index (κ1) is 12.3. The number of ether oxygens (including phenoxy) is 1. The molecular weight excluding hydrogens is 184 g/mol. The molecule has 0 N–H and O–H groups in total. The van der Waals surface area contributed by atoms with E-state index in [9.17, 15) is 0 Å². The van der Waals surface area contributed by atoms with Crippen molar-refractivity contribution < 1.29 is 4.74 Å². The lowest BCUT2D eigenvalue weighted by Crippen LogP contribution is -2.05. The van der Waals surface area contributed by atoms with Crippen LogP contribution in [-0.2, 0) is 17.8 Å². The van der Waals surface area contributed by atoms with E-state index in [1.54, 1.807) is 0 Å². The van der Waals surface area contributed by atoms with E-state index in [1.165, 1.54) is 11.1 Å². The zero-order chi connectivity index (χ0) is 11.3. The average Bonchev–Trinajstić information content (AvgIpc) is 2.15. The molecule has 0 saturated heterocycles. The molecule has 0 aliphatic heterocycles. The van der Waals surface area contributed by atoms with Crippen molar-refractivity contribution in [2.24, 2.45) is 5.92 Å². The third-order valence-corrected chi connectivity index (χ3v) is 2.32. The van der Waals surface area contributed by atoms with Gasteiger partial charge < -0.3 is 4.74 Å². The topological polar surface area (TPSA) is 9.23 Å². The van der Waals surface area contributed by atoms with Crippen LogP contribution < -0.4 is 0 Å². The van der Waals surface area contributed by atoms with E-state index in [4.69, 9.17) is 4.74 Å². The van der Waals surface area contributed by atoms with E-state index in [1.807, 2.05) is 0 Å². The van der Waals surface area contributed by atoms with Gasteiger partial charge in [0.25, 0.3) is 0 Å². The van der Waals surface area contributed by atoms with Crippen molar-refractivity contribution in [3.63, 3.8) is 0 Å². The minimum absolute atomic E-state index is 0.303. The highest BCUT2D eigenvalue weighted by Crippen LogP contribution is 2.15. The van der Waals surface area contributed by atoms with Gasteiger partial charge in [-0.3, -0.25) is 0 Å². The fourth-order valence-electron chi connectivity index (χ4n) is 1.59. The maximum atomic E-state index is 5.65. The second-order valence-electron chi connectivity index (χ2n) is 4.73. The minimum atomic E-state index is 0.303. The van der Waals surface area contributed by atoms with Crippen LogP contribution >= 0.6 is 0 Å². The molecule has 0 heterocycles. The van der Waals surface area contributed by atoms with Gasteiger partial charge in [0.15, 0.2) is 0 Å². The first-order chi connectivity index (χ1) is 7.09. The fraction of sp³-hybridized carbons (Fsp3) is 0.571. The Morgan fingerprint density at radius 3 is 2.13 bits per heavy atom. The van der Waals surface area contributed by atoms with Gasteiger partial charge in [-0.25, -0.2) is 0 Å². The van der Waals surface area contributed by atoms with E-state index in [0.29, 0.717) is 12.0 Å². The number of hydrogen-bond donors (Lipinski definition) is 0. The van der Waals surface area contributed by atoms with E-state index >= 15 is 0 Å². The molecule has 0 aromatic heterocycles. The van der Waals surface area contributed by atoms with Gasteiger partial charge in [-0.1, -0.05) is 38.1 Å². The lowest BCUT2D eigenvalue weighted by Gasteiger charge is -2.13. The first-order valence-corrected chi connectivity index (χ1v) is 5.78. The maximum absolute atomic E-state index is 5.65. The fourth-order valence-corrected chi connectivity index (χ4v) is 1.59. The van der Waals surface area contributed by atoms with Crippen molar-refractivity contribution in [3.05, 3.63) is 35.4 Å². The molecule has 0 aliphatic carbocycles. The molecule has 0 unspecified atom stereocenters. The Kier molecular flexibility index (Phi) is 4.83. The van der Waals surface area contributed by atoms with Crippen LogP contribution in [0.4, 0.5) is 0 Å². The van der Waals surface area contributed by atoms with E-state index in [-0.39, 0.29) is 0 Å². The van der Waals surface area contributed by atoms with Gasteiger partial charge in [-0.2, -0.15) is 0 Å². The highest BCUT2D eigenvalue weighted by atomic mass is 16.5. The average molecular weight is 206 g/mol. The summed E-state index contributed by atoms with van der Waals surface area (Å²) in [6.07, 6.45) is 1.44. The standard InChI is InChI=1S/C14H22O/c1-11(2)9-13-7-5-6-8-14(13)10-15-12(3)4/h5-8,11-12H,9-10H2,1-4H3. The summed E-state index contributed by atoms with van der Waals surface area (Å²) in [5, 5.41) is 0. The SMILES string of the molecule is CC(C)Cc1ccccc1COC(C)C. The molecule has 1 aromatic carbocycles. The highest BCUT2D eigenvalue weighted by Gasteiger charge is 2.04. The Bertz CT molecular complexity index is 289. The smallest absolute Gasteiger partial charge is 0.0723 e. The zero-order valence-corrected chi connectivity index (χ0v) is 10.3.